The molecule has 0 amide bonds. The first kappa shape index (κ1) is 24.0. The molecule has 1 aromatic heterocycles. The highest BCUT2D eigenvalue weighted by atomic mass is 127. The molecule has 2 N–H and O–H groups in total. The number of hydrogen-bond donors (Lipinski definition) is 2. The van der Waals surface area contributed by atoms with Crippen molar-refractivity contribution < 1.29 is 4.74 Å². The third-order valence-electron chi connectivity index (χ3n) is 4.42. The van der Waals surface area contributed by atoms with Gasteiger partial charge in [-0.15, -0.1) is 24.0 Å². The minimum atomic E-state index is 0. The molecule has 0 atom stereocenters. The highest BCUT2D eigenvalue weighted by molar-refractivity contribution is 14.0. The molecule has 1 aromatic carbocycles. The molecule has 1 heterocycles. The summed E-state index contributed by atoms with van der Waals surface area (Å²) in [6.45, 7) is 4.40. The quantitative estimate of drug-likeness (QED) is 0.242. The van der Waals surface area contributed by atoms with E-state index in [-0.39, 0.29) is 29.5 Å². The summed E-state index contributed by atoms with van der Waals surface area (Å²) < 4.78 is 7.11. The standard InChI is InChI=1S/C21H30N4O2.HI/c1-17-9-10-18(16-19(17)27-3)11-13-24-21(22-2)23-12-5-7-15-25-14-6-4-8-20(25)26;/h4,6,8-10,14,16H,5,7,11-13,15H2,1-3H3,(H2,22,23,24);1H. The zero-order valence-electron chi connectivity index (χ0n) is 16.9. The Morgan fingerprint density at radius 3 is 2.64 bits per heavy atom. The summed E-state index contributed by atoms with van der Waals surface area (Å²) in [4.78, 5) is 15.9. The van der Waals surface area contributed by atoms with E-state index in [1.165, 1.54) is 5.56 Å². The molecule has 28 heavy (non-hydrogen) atoms. The molecule has 0 unspecified atom stereocenters. The maximum Gasteiger partial charge on any atom is 0.250 e. The van der Waals surface area contributed by atoms with Crippen LogP contribution in [0.4, 0.5) is 0 Å². The summed E-state index contributed by atoms with van der Waals surface area (Å²) in [7, 11) is 3.47. The summed E-state index contributed by atoms with van der Waals surface area (Å²) in [5.41, 5.74) is 2.42. The van der Waals surface area contributed by atoms with Crippen molar-refractivity contribution >= 4 is 29.9 Å². The van der Waals surface area contributed by atoms with E-state index >= 15 is 0 Å². The van der Waals surface area contributed by atoms with E-state index in [4.69, 9.17) is 4.74 Å². The molecule has 0 aliphatic carbocycles. The molecule has 0 saturated heterocycles. The summed E-state index contributed by atoms with van der Waals surface area (Å²) in [6.07, 6.45) is 4.64. The van der Waals surface area contributed by atoms with Crippen molar-refractivity contribution in [2.45, 2.75) is 32.7 Å². The zero-order chi connectivity index (χ0) is 19.5. The van der Waals surface area contributed by atoms with Gasteiger partial charge in [0.25, 0.3) is 0 Å². The zero-order valence-corrected chi connectivity index (χ0v) is 19.2. The van der Waals surface area contributed by atoms with Crippen molar-refractivity contribution in [1.29, 1.82) is 0 Å². The highest BCUT2D eigenvalue weighted by Crippen LogP contribution is 2.18. The van der Waals surface area contributed by atoms with E-state index in [1.807, 2.05) is 19.2 Å². The Kier molecular flexibility index (Phi) is 11.3. The number of rotatable bonds is 9. The smallest absolute Gasteiger partial charge is 0.250 e. The number of aryl methyl sites for hydroxylation is 2. The molecule has 0 bridgehead atoms. The Morgan fingerprint density at radius 1 is 1.14 bits per heavy atom. The van der Waals surface area contributed by atoms with Gasteiger partial charge < -0.3 is 19.9 Å². The number of halogens is 1. The summed E-state index contributed by atoms with van der Waals surface area (Å²) in [5.74, 6) is 1.72. The van der Waals surface area contributed by atoms with Gasteiger partial charge in [0.1, 0.15) is 5.75 Å². The van der Waals surface area contributed by atoms with Crippen LogP contribution in [0, 0.1) is 6.92 Å². The van der Waals surface area contributed by atoms with E-state index in [2.05, 4.69) is 33.8 Å². The highest BCUT2D eigenvalue weighted by Gasteiger charge is 2.02. The minimum absolute atomic E-state index is 0. The van der Waals surface area contributed by atoms with Gasteiger partial charge in [0.05, 0.1) is 7.11 Å². The normalized spacial score (nSPS) is 10.9. The molecule has 0 spiro atoms. The molecule has 0 fully saturated rings. The number of aromatic nitrogens is 1. The molecule has 0 saturated carbocycles. The molecule has 6 nitrogen and oxygen atoms in total. The van der Waals surface area contributed by atoms with Gasteiger partial charge in [-0.1, -0.05) is 18.2 Å². The van der Waals surface area contributed by atoms with Crippen LogP contribution in [-0.4, -0.2) is 37.8 Å². The van der Waals surface area contributed by atoms with Crippen molar-refractivity contribution in [2.24, 2.45) is 4.99 Å². The van der Waals surface area contributed by atoms with Crippen molar-refractivity contribution in [3.05, 3.63) is 64.1 Å². The Bertz CT molecular complexity index is 805. The van der Waals surface area contributed by atoms with Gasteiger partial charge in [0, 0.05) is 38.9 Å². The molecular weight excluding hydrogens is 467 g/mol. The maximum absolute atomic E-state index is 11.6. The Labute approximate surface area is 184 Å². The Hall–Kier alpha value is -2.03. The van der Waals surface area contributed by atoms with Crippen LogP contribution in [0.15, 0.2) is 52.4 Å². The number of unbranched alkanes of at least 4 members (excludes halogenated alkanes) is 1. The van der Waals surface area contributed by atoms with Gasteiger partial charge in [-0.05, 0) is 49.4 Å². The second kappa shape index (κ2) is 13.2. The third-order valence-corrected chi connectivity index (χ3v) is 4.42. The van der Waals surface area contributed by atoms with Crippen LogP contribution in [0.2, 0.25) is 0 Å². The number of pyridine rings is 1. The van der Waals surface area contributed by atoms with Crippen LogP contribution < -0.4 is 20.9 Å². The average Bonchev–Trinajstić information content (AvgIpc) is 2.68. The molecule has 0 aliphatic rings. The Morgan fingerprint density at radius 2 is 1.93 bits per heavy atom. The number of guanidine groups is 1. The van der Waals surface area contributed by atoms with Crippen LogP contribution in [0.3, 0.4) is 0 Å². The number of methoxy groups -OCH3 is 1. The number of benzene rings is 1. The molecular formula is C21H31IN4O2. The monoisotopic (exact) mass is 498 g/mol. The van der Waals surface area contributed by atoms with Crippen molar-refractivity contribution in [1.82, 2.24) is 15.2 Å². The van der Waals surface area contributed by atoms with Crippen LogP contribution in [-0.2, 0) is 13.0 Å². The van der Waals surface area contributed by atoms with Gasteiger partial charge in [-0.2, -0.15) is 0 Å². The average molecular weight is 498 g/mol. The fourth-order valence-corrected chi connectivity index (χ4v) is 2.83. The van der Waals surface area contributed by atoms with E-state index in [0.717, 1.165) is 56.2 Å². The van der Waals surface area contributed by atoms with Gasteiger partial charge in [0.2, 0.25) is 5.56 Å². The number of nitrogens with zero attached hydrogens (tertiary/aromatic N) is 2. The molecule has 154 valence electrons. The summed E-state index contributed by atoms with van der Waals surface area (Å²) in [6, 6.07) is 11.5. The van der Waals surface area contributed by atoms with Crippen LogP contribution >= 0.6 is 24.0 Å². The fraction of sp³-hybridized carbons (Fsp3) is 0.429. The fourth-order valence-electron chi connectivity index (χ4n) is 2.83. The lowest BCUT2D eigenvalue weighted by Gasteiger charge is -2.13. The largest absolute Gasteiger partial charge is 0.496 e. The van der Waals surface area contributed by atoms with Crippen LogP contribution in [0.1, 0.15) is 24.0 Å². The number of ether oxygens (including phenoxy) is 1. The molecule has 7 heteroatoms. The number of aliphatic imine (C=N–C) groups is 1. The van der Waals surface area contributed by atoms with E-state index in [0.29, 0.717) is 0 Å². The predicted molar refractivity (Wildman–Crippen MR) is 126 cm³/mol. The lowest BCUT2D eigenvalue weighted by molar-refractivity contribution is 0.411. The molecule has 0 radical (unpaired) electrons. The first-order valence-electron chi connectivity index (χ1n) is 9.37. The van der Waals surface area contributed by atoms with Gasteiger partial charge in [-0.3, -0.25) is 9.79 Å². The van der Waals surface area contributed by atoms with Crippen molar-refractivity contribution in [2.75, 3.05) is 27.2 Å². The maximum atomic E-state index is 11.6. The second-order valence-corrected chi connectivity index (χ2v) is 6.42. The topological polar surface area (TPSA) is 67.7 Å². The number of nitrogens with one attached hydrogen (secondary N) is 2. The van der Waals surface area contributed by atoms with E-state index < -0.39 is 0 Å². The van der Waals surface area contributed by atoms with Crippen LogP contribution in [0.5, 0.6) is 5.75 Å². The van der Waals surface area contributed by atoms with Crippen molar-refractivity contribution in [3.8, 4) is 5.75 Å². The lowest BCUT2D eigenvalue weighted by atomic mass is 10.1. The molecule has 0 aliphatic heterocycles. The lowest BCUT2D eigenvalue weighted by Crippen LogP contribution is -2.38. The molecule has 2 aromatic rings. The van der Waals surface area contributed by atoms with Gasteiger partial charge >= 0.3 is 0 Å². The van der Waals surface area contributed by atoms with Crippen LogP contribution in [0.25, 0.3) is 0 Å². The predicted octanol–water partition coefficient (Wildman–Crippen LogP) is 2.97. The van der Waals surface area contributed by atoms with E-state index in [9.17, 15) is 4.79 Å². The molecule has 2 rings (SSSR count). The SMILES string of the molecule is CN=C(NCCCCn1ccccc1=O)NCCc1ccc(C)c(OC)c1.I. The van der Waals surface area contributed by atoms with Gasteiger partial charge in [-0.25, -0.2) is 0 Å². The summed E-state index contributed by atoms with van der Waals surface area (Å²) in [5, 5.41) is 6.65. The summed E-state index contributed by atoms with van der Waals surface area (Å²) >= 11 is 0. The first-order valence-corrected chi connectivity index (χ1v) is 9.37. The van der Waals surface area contributed by atoms with E-state index in [1.54, 1.807) is 30.9 Å². The van der Waals surface area contributed by atoms with Gasteiger partial charge in [0.15, 0.2) is 5.96 Å². The second-order valence-electron chi connectivity index (χ2n) is 6.42. The third kappa shape index (κ3) is 7.92. The Balaban J connectivity index is 0.00000392. The first-order chi connectivity index (χ1) is 13.1. The number of hydrogen-bond acceptors (Lipinski definition) is 3. The van der Waals surface area contributed by atoms with Crippen molar-refractivity contribution in [3.63, 3.8) is 0 Å². The minimum Gasteiger partial charge on any atom is -0.496 e.